The Morgan fingerprint density at radius 1 is 1.00 bits per heavy atom. The van der Waals surface area contributed by atoms with Crippen molar-refractivity contribution in [2.75, 3.05) is 19.2 Å². The minimum Gasteiger partial charge on any atom is -0.497 e. The van der Waals surface area contributed by atoms with Crippen LogP contribution in [0.15, 0.2) is 63.4 Å². The second-order valence-electron chi connectivity index (χ2n) is 7.08. The number of nitriles is 1. The molecule has 9 heteroatoms. The molecule has 2 aromatic heterocycles. The monoisotopic (exact) mass is 445 g/mol. The highest BCUT2D eigenvalue weighted by molar-refractivity contribution is 5.55. The number of nitrogens with zero attached hydrogens (tertiary/aromatic N) is 2. The van der Waals surface area contributed by atoms with E-state index >= 15 is 0 Å². The van der Waals surface area contributed by atoms with Crippen molar-refractivity contribution in [1.29, 1.82) is 5.26 Å². The summed E-state index contributed by atoms with van der Waals surface area (Å²) in [6.07, 6.45) is 0. The van der Waals surface area contributed by atoms with Crippen LogP contribution in [0.4, 0.5) is 5.88 Å². The summed E-state index contributed by atoms with van der Waals surface area (Å²) in [6.45, 7) is 0.860. The van der Waals surface area contributed by atoms with E-state index in [0.717, 1.165) is 11.3 Å². The van der Waals surface area contributed by atoms with E-state index in [1.807, 2.05) is 48.5 Å². The van der Waals surface area contributed by atoms with Crippen LogP contribution in [0.3, 0.4) is 0 Å². The van der Waals surface area contributed by atoms with Gasteiger partial charge in [0.15, 0.2) is 17.3 Å². The zero-order chi connectivity index (χ0) is 22.6. The summed E-state index contributed by atoms with van der Waals surface area (Å²) in [7, 11) is 1.61. The van der Waals surface area contributed by atoms with E-state index in [2.05, 4.69) is 10.3 Å². The lowest BCUT2D eigenvalue weighted by molar-refractivity contribution is 0.174. The SMILES string of the molecule is COc1ccc(OCc2ccc(-c3nc(C#N)c(NCc4ccc5c(c4)OCO5)o3)o2)cc1. The van der Waals surface area contributed by atoms with E-state index in [1.165, 1.54) is 0 Å². The Kier molecular flexibility index (Phi) is 5.47. The first kappa shape index (κ1) is 20.3. The van der Waals surface area contributed by atoms with Crippen LogP contribution in [-0.2, 0) is 13.2 Å². The minimum atomic E-state index is 0.137. The zero-order valence-electron chi connectivity index (χ0n) is 17.7. The van der Waals surface area contributed by atoms with Crippen molar-refractivity contribution >= 4 is 5.88 Å². The molecule has 9 nitrogen and oxygen atoms in total. The standard InChI is InChI=1S/C24H19N3O6/c1-28-16-3-5-17(6-4-16)29-13-18-7-9-21(32-18)24-27-19(11-25)23(33-24)26-12-15-2-8-20-22(10-15)31-14-30-20/h2-10,26H,12-14H2,1H3. The molecule has 0 fully saturated rings. The average Bonchev–Trinajstić information content (AvgIpc) is 3.60. The van der Waals surface area contributed by atoms with E-state index < -0.39 is 0 Å². The number of furan rings is 1. The number of methoxy groups -OCH3 is 1. The number of anilines is 1. The van der Waals surface area contributed by atoms with Crippen LogP contribution in [0, 0.1) is 11.3 Å². The Morgan fingerprint density at radius 3 is 2.64 bits per heavy atom. The molecule has 0 aliphatic carbocycles. The third kappa shape index (κ3) is 4.41. The lowest BCUT2D eigenvalue weighted by Gasteiger charge is -2.05. The number of hydrogen-bond acceptors (Lipinski definition) is 9. The molecule has 3 heterocycles. The van der Waals surface area contributed by atoms with Gasteiger partial charge in [0.1, 0.15) is 29.9 Å². The van der Waals surface area contributed by atoms with E-state index in [1.54, 1.807) is 19.2 Å². The fourth-order valence-electron chi connectivity index (χ4n) is 3.25. The molecule has 1 aliphatic heterocycles. The van der Waals surface area contributed by atoms with Gasteiger partial charge in [0, 0.05) is 6.54 Å². The molecule has 0 amide bonds. The highest BCUT2D eigenvalue weighted by atomic mass is 16.7. The van der Waals surface area contributed by atoms with Crippen LogP contribution in [0.25, 0.3) is 11.7 Å². The van der Waals surface area contributed by atoms with Crippen LogP contribution >= 0.6 is 0 Å². The summed E-state index contributed by atoms with van der Waals surface area (Å²) in [4.78, 5) is 4.24. The van der Waals surface area contributed by atoms with Crippen LogP contribution in [0.5, 0.6) is 23.0 Å². The third-order valence-electron chi connectivity index (χ3n) is 4.94. The van der Waals surface area contributed by atoms with Gasteiger partial charge >= 0.3 is 0 Å². The summed E-state index contributed by atoms with van der Waals surface area (Å²) >= 11 is 0. The molecule has 1 aliphatic rings. The van der Waals surface area contributed by atoms with Crippen LogP contribution in [0.1, 0.15) is 17.0 Å². The first-order valence-electron chi connectivity index (χ1n) is 10.1. The summed E-state index contributed by atoms with van der Waals surface area (Å²) in [6, 6.07) is 18.4. The van der Waals surface area contributed by atoms with Crippen molar-refractivity contribution in [3.05, 3.63) is 71.6 Å². The Hall–Kier alpha value is -4.58. The maximum absolute atomic E-state index is 9.45. The predicted octanol–water partition coefficient (Wildman–Crippen LogP) is 4.73. The molecule has 0 unspecified atom stereocenters. The number of nitrogens with one attached hydrogen (secondary N) is 1. The topological polar surface area (TPSA) is 112 Å². The summed E-state index contributed by atoms with van der Waals surface area (Å²) in [5, 5.41) is 12.5. The second-order valence-corrected chi connectivity index (χ2v) is 7.08. The van der Waals surface area contributed by atoms with Gasteiger partial charge in [-0.05, 0) is 54.1 Å². The number of benzene rings is 2. The normalized spacial score (nSPS) is 11.8. The Balaban J connectivity index is 1.24. The van der Waals surface area contributed by atoms with Crippen LogP contribution < -0.4 is 24.3 Å². The van der Waals surface area contributed by atoms with E-state index in [9.17, 15) is 5.26 Å². The van der Waals surface area contributed by atoms with Gasteiger partial charge in [-0.1, -0.05) is 6.07 Å². The van der Waals surface area contributed by atoms with Crippen molar-refractivity contribution in [3.63, 3.8) is 0 Å². The Morgan fingerprint density at radius 2 is 1.82 bits per heavy atom. The maximum Gasteiger partial charge on any atom is 0.266 e. The molecular formula is C24H19N3O6. The lowest BCUT2D eigenvalue weighted by Crippen LogP contribution is -1.99. The summed E-state index contributed by atoms with van der Waals surface area (Å²) < 4.78 is 33.1. The van der Waals surface area contributed by atoms with Crippen molar-refractivity contribution < 1.29 is 27.8 Å². The maximum atomic E-state index is 9.45. The molecule has 0 radical (unpaired) electrons. The van der Waals surface area contributed by atoms with Gasteiger partial charge in [0.25, 0.3) is 5.89 Å². The first-order chi connectivity index (χ1) is 16.2. The lowest BCUT2D eigenvalue weighted by atomic mass is 10.2. The number of ether oxygens (including phenoxy) is 4. The number of rotatable bonds is 8. The van der Waals surface area contributed by atoms with E-state index in [4.69, 9.17) is 27.8 Å². The minimum absolute atomic E-state index is 0.137. The van der Waals surface area contributed by atoms with Gasteiger partial charge in [-0.3, -0.25) is 0 Å². The molecule has 5 rings (SSSR count). The van der Waals surface area contributed by atoms with Crippen LogP contribution in [0.2, 0.25) is 0 Å². The van der Waals surface area contributed by atoms with Crippen molar-refractivity contribution in [2.45, 2.75) is 13.2 Å². The molecular weight excluding hydrogens is 426 g/mol. The molecule has 0 bridgehead atoms. The zero-order valence-corrected chi connectivity index (χ0v) is 17.7. The van der Waals surface area contributed by atoms with Gasteiger partial charge < -0.3 is 33.1 Å². The van der Waals surface area contributed by atoms with Crippen molar-refractivity contribution in [2.24, 2.45) is 0 Å². The highest BCUT2D eigenvalue weighted by Gasteiger charge is 2.18. The first-order valence-corrected chi connectivity index (χ1v) is 10.1. The molecule has 4 aromatic rings. The van der Waals surface area contributed by atoms with Gasteiger partial charge in [-0.15, -0.1) is 0 Å². The van der Waals surface area contributed by atoms with Crippen molar-refractivity contribution in [1.82, 2.24) is 4.98 Å². The van der Waals surface area contributed by atoms with Crippen LogP contribution in [-0.4, -0.2) is 18.9 Å². The van der Waals surface area contributed by atoms with Gasteiger partial charge in [-0.25, -0.2) is 0 Å². The van der Waals surface area contributed by atoms with Gasteiger partial charge in [0.2, 0.25) is 18.4 Å². The third-order valence-corrected chi connectivity index (χ3v) is 4.94. The molecule has 33 heavy (non-hydrogen) atoms. The van der Waals surface area contributed by atoms with Gasteiger partial charge in [0.05, 0.1) is 7.11 Å². The molecule has 0 saturated carbocycles. The molecule has 0 atom stereocenters. The molecule has 1 N–H and O–H groups in total. The fraction of sp³-hybridized carbons (Fsp3) is 0.167. The second kappa shape index (κ2) is 8.88. The quantitative estimate of drug-likeness (QED) is 0.411. The summed E-state index contributed by atoms with van der Waals surface area (Å²) in [5.41, 5.74) is 1.08. The average molecular weight is 445 g/mol. The molecule has 0 spiro atoms. The number of aromatic nitrogens is 1. The Labute approximate surface area is 189 Å². The number of oxazole rings is 1. The Bertz CT molecular complexity index is 1300. The highest BCUT2D eigenvalue weighted by Crippen LogP contribution is 2.33. The number of hydrogen-bond donors (Lipinski definition) is 1. The van der Waals surface area contributed by atoms with E-state index in [0.29, 0.717) is 35.3 Å². The van der Waals surface area contributed by atoms with Gasteiger partial charge in [-0.2, -0.15) is 10.2 Å². The largest absolute Gasteiger partial charge is 0.497 e. The number of fused-ring (bicyclic) bond motifs is 1. The predicted molar refractivity (Wildman–Crippen MR) is 116 cm³/mol. The fourth-order valence-corrected chi connectivity index (χ4v) is 3.25. The summed E-state index contributed by atoms with van der Waals surface area (Å²) in [5.74, 6) is 4.29. The molecule has 0 saturated heterocycles. The molecule has 2 aromatic carbocycles. The van der Waals surface area contributed by atoms with E-state index in [-0.39, 0.29) is 30.9 Å². The van der Waals surface area contributed by atoms with Crippen molar-refractivity contribution in [3.8, 4) is 40.7 Å². The molecule has 166 valence electrons. The smallest absolute Gasteiger partial charge is 0.266 e.